The van der Waals surface area contributed by atoms with Crippen LogP contribution < -0.4 is 5.32 Å². The first-order valence-corrected chi connectivity index (χ1v) is 5.82. The number of hydrogen-bond acceptors (Lipinski definition) is 5. The molecule has 2 rings (SSSR count). The van der Waals surface area contributed by atoms with Gasteiger partial charge in [-0.25, -0.2) is 0 Å². The van der Waals surface area contributed by atoms with Crippen LogP contribution in [0.5, 0.6) is 0 Å². The molecule has 1 fully saturated rings. The number of nitrogens with zero attached hydrogens (tertiary/aromatic N) is 2. The number of nitrogens with one attached hydrogen (secondary N) is 1. The molecule has 8 nitrogen and oxygen atoms in total. The van der Waals surface area contributed by atoms with Gasteiger partial charge >= 0.3 is 0 Å². The SMILES string of the molecule is O=C1CN(C(=O)c2ccc([N+](=O)[O-])cc2Cl)CC(=O)N1. The van der Waals surface area contributed by atoms with Crippen LogP contribution in [0.2, 0.25) is 5.02 Å². The summed E-state index contributed by atoms with van der Waals surface area (Å²) in [6.07, 6.45) is 0. The fourth-order valence-corrected chi connectivity index (χ4v) is 2.00. The number of nitro benzene ring substituents is 1. The van der Waals surface area contributed by atoms with Crippen LogP contribution in [0.15, 0.2) is 18.2 Å². The minimum atomic E-state index is -0.641. The zero-order valence-electron chi connectivity index (χ0n) is 9.96. The van der Waals surface area contributed by atoms with Gasteiger partial charge in [-0.15, -0.1) is 0 Å². The minimum Gasteiger partial charge on any atom is -0.320 e. The van der Waals surface area contributed by atoms with E-state index in [0.29, 0.717) is 0 Å². The Morgan fingerprint density at radius 2 is 1.90 bits per heavy atom. The van der Waals surface area contributed by atoms with Crippen molar-refractivity contribution in [2.24, 2.45) is 0 Å². The molecule has 104 valence electrons. The summed E-state index contributed by atoms with van der Waals surface area (Å²) in [6.45, 7) is -0.532. The number of nitro groups is 1. The third kappa shape index (κ3) is 2.75. The lowest BCUT2D eigenvalue weighted by molar-refractivity contribution is -0.384. The van der Waals surface area contributed by atoms with E-state index in [4.69, 9.17) is 11.6 Å². The van der Waals surface area contributed by atoms with Crippen LogP contribution in [0.1, 0.15) is 10.4 Å². The number of carbonyl (C=O) groups excluding carboxylic acids is 3. The Morgan fingerprint density at radius 3 is 2.40 bits per heavy atom. The fraction of sp³-hybridized carbons (Fsp3) is 0.182. The number of piperazine rings is 1. The van der Waals surface area contributed by atoms with Crippen molar-refractivity contribution in [3.63, 3.8) is 0 Å². The van der Waals surface area contributed by atoms with Gasteiger partial charge in [0.15, 0.2) is 0 Å². The van der Waals surface area contributed by atoms with Gasteiger partial charge in [0.25, 0.3) is 11.6 Å². The van der Waals surface area contributed by atoms with Crippen molar-refractivity contribution in [1.29, 1.82) is 0 Å². The zero-order chi connectivity index (χ0) is 14.9. The Balaban J connectivity index is 2.27. The third-order valence-electron chi connectivity index (χ3n) is 2.63. The van der Waals surface area contributed by atoms with Gasteiger partial charge in [0, 0.05) is 12.1 Å². The molecule has 0 saturated carbocycles. The molecular weight excluding hydrogens is 290 g/mol. The van der Waals surface area contributed by atoms with Gasteiger partial charge in [-0.1, -0.05) is 11.6 Å². The Kier molecular flexibility index (Phi) is 3.66. The molecule has 0 aliphatic carbocycles. The van der Waals surface area contributed by atoms with Gasteiger partial charge in [-0.3, -0.25) is 29.8 Å². The molecule has 0 aromatic heterocycles. The highest BCUT2D eigenvalue weighted by Crippen LogP contribution is 2.23. The summed E-state index contributed by atoms with van der Waals surface area (Å²) in [5, 5.41) is 12.5. The number of carbonyl (C=O) groups is 3. The van der Waals surface area contributed by atoms with Gasteiger partial charge in [-0.05, 0) is 6.07 Å². The molecule has 1 N–H and O–H groups in total. The Labute approximate surface area is 117 Å². The second-order valence-electron chi connectivity index (χ2n) is 4.05. The number of non-ortho nitro benzene ring substituents is 1. The van der Waals surface area contributed by atoms with Gasteiger partial charge in [0.05, 0.1) is 15.5 Å². The number of amides is 3. The molecule has 1 aliphatic heterocycles. The van der Waals surface area contributed by atoms with E-state index >= 15 is 0 Å². The van der Waals surface area contributed by atoms with Crippen molar-refractivity contribution >= 4 is 35.0 Å². The van der Waals surface area contributed by atoms with Crippen molar-refractivity contribution in [2.75, 3.05) is 13.1 Å². The predicted octanol–water partition coefficient (Wildman–Crippen LogP) is 0.347. The lowest BCUT2D eigenvalue weighted by Gasteiger charge is -2.25. The van der Waals surface area contributed by atoms with Gasteiger partial charge < -0.3 is 4.90 Å². The molecule has 1 heterocycles. The molecule has 1 aliphatic rings. The number of imide groups is 1. The lowest BCUT2D eigenvalue weighted by Crippen LogP contribution is -2.53. The molecule has 0 atom stereocenters. The first kappa shape index (κ1) is 13.9. The summed E-state index contributed by atoms with van der Waals surface area (Å²) in [4.78, 5) is 45.5. The predicted molar refractivity (Wildman–Crippen MR) is 67.2 cm³/mol. The second-order valence-corrected chi connectivity index (χ2v) is 4.46. The second kappa shape index (κ2) is 5.25. The fourth-order valence-electron chi connectivity index (χ4n) is 1.74. The van der Waals surface area contributed by atoms with Crippen molar-refractivity contribution in [3.05, 3.63) is 38.9 Å². The number of rotatable bonds is 2. The number of benzene rings is 1. The summed E-state index contributed by atoms with van der Waals surface area (Å²) < 4.78 is 0. The van der Waals surface area contributed by atoms with Gasteiger partial charge in [0.2, 0.25) is 11.8 Å². The minimum absolute atomic E-state index is 0.000216. The maximum atomic E-state index is 12.1. The first-order chi connectivity index (χ1) is 9.38. The maximum absolute atomic E-state index is 12.1. The smallest absolute Gasteiger partial charge is 0.270 e. The average Bonchev–Trinajstić information content (AvgIpc) is 2.36. The lowest BCUT2D eigenvalue weighted by atomic mass is 10.1. The van der Waals surface area contributed by atoms with E-state index in [0.717, 1.165) is 17.0 Å². The van der Waals surface area contributed by atoms with Crippen molar-refractivity contribution in [3.8, 4) is 0 Å². The van der Waals surface area contributed by atoms with Crippen molar-refractivity contribution in [2.45, 2.75) is 0 Å². The van der Waals surface area contributed by atoms with E-state index in [1.165, 1.54) is 6.07 Å². The summed E-state index contributed by atoms with van der Waals surface area (Å²) in [5.74, 6) is -1.81. The van der Waals surface area contributed by atoms with Gasteiger partial charge in [-0.2, -0.15) is 0 Å². The topological polar surface area (TPSA) is 110 Å². The van der Waals surface area contributed by atoms with Crippen molar-refractivity contribution < 1.29 is 19.3 Å². The normalized spacial score (nSPS) is 14.9. The average molecular weight is 298 g/mol. The molecule has 0 radical (unpaired) electrons. The highest BCUT2D eigenvalue weighted by molar-refractivity contribution is 6.34. The molecule has 0 unspecified atom stereocenters. The number of hydrogen-bond donors (Lipinski definition) is 1. The van der Waals surface area contributed by atoms with E-state index < -0.39 is 22.6 Å². The summed E-state index contributed by atoms with van der Waals surface area (Å²) in [5.41, 5.74) is -0.251. The van der Waals surface area contributed by atoms with Crippen molar-refractivity contribution in [1.82, 2.24) is 10.2 Å². The van der Waals surface area contributed by atoms with Crippen LogP contribution in [-0.4, -0.2) is 40.6 Å². The van der Waals surface area contributed by atoms with Crippen LogP contribution in [-0.2, 0) is 9.59 Å². The summed E-state index contributed by atoms with van der Waals surface area (Å²) in [6, 6.07) is 3.37. The third-order valence-corrected chi connectivity index (χ3v) is 2.94. The highest BCUT2D eigenvalue weighted by atomic mass is 35.5. The van der Waals surface area contributed by atoms with E-state index in [9.17, 15) is 24.5 Å². The largest absolute Gasteiger partial charge is 0.320 e. The molecule has 1 aromatic rings. The first-order valence-electron chi connectivity index (χ1n) is 5.44. The molecule has 20 heavy (non-hydrogen) atoms. The van der Waals surface area contributed by atoms with Crippen LogP contribution in [0.25, 0.3) is 0 Å². The molecular formula is C11H8ClN3O5. The summed E-state index contributed by atoms with van der Waals surface area (Å²) in [7, 11) is 0. The van der Waals surface area contributed by atoms with Crippen LogP contribution in [0, 0.1) is 10.1 Å². The molecule has 1 saturated heterocycles. The standard InChI is InChI=1S/C11H8ClN3O5/c12-8-3-6(15(19)20)1-2-7(8)11(18)14-4-9(16)13-10(17)5-14/h1-3H,4-5H2,(H,13,16,17). The van der Waals surface area contributed by atoms with Crippen LogP contribution in [0.3, 0.4) is 0 Å². The van der Waals surface area contributed by atoms with Crippen LogP contribution in [0.4, 0.5) is 5.69 Å². The highest BCUT2D eigenvalue weighted by Gasteiger charge is 2.28. The molecule has 9 heteroatoms. The van der Waals surface area contributed by atoms with Gasteiger partial charge in [0.1, 0.15) is 13.1 Å². The Bertz CT molecular complexity index is 614. The zero-order valence-corrected chi connectivity index (χ0v) is 10.7. The molecule has 1 aromatic carbocycles. The number of halogens is 1. The quantitative estimate of drug-likeness (QED) is 0.481. The van der Waals surface area contributed by atoms with E-state index in [2.05, 4.69) is 5.32 Å². The summed E-state index contributed by atoms with van der Waals surface area (Å²) >= 11 is 5.82. The molecule has 0 bridgehead atoms. The van der Waals surface area contributed by atoms with E-state index in [-0.39, 0.29) is 29.4 Å². The molecule has 3 amide bonds. The Hall–Kier alpha value is -2.48. The van der Waals surface area contributed by atoms with E-state index in [1.807, 2.05) is 0 Å². The molecule has 0 spiro atoms. The van der Waals surface area contributed by atoms with Crippen LogP contribution >= 0.6 is 11.6 Å². The maximum Gasteiger partial charge on any atom is 0.270 e. The monoisotopic (exact) mass is 297 g/mol. The Morgan fingerprint density at radius 1 is 1.30 bits per heavy atom. The van der Waals surface area contributed by atoms with E-state index in [1.54, 1.807) is 0 Å².